The summed E-state index contributed by atoms with van der Waals surface area (Å²) < 4.78 is 5.70. The zero-order valence-corrected chi connectivity index (χ0v) is 10.3. The average molecular weight is 231 g/mol. The van der Waals surface area contributed by atoms with Crippen molar-refractivity contribution in [1.29, 1.82) is 0 Å². The summed E-state index contributed by atoms with van der Waals surface area (Å²) in [5.74, 6) is 0. The predicted molar refractivity (Wildman–Crippen MR) is 69.1 cm³/mol. The fraction of sp³-hybridized carbons (Fsp3) is 0.600. The van der Waals surface area contributed by atoms with Crippen LogP contribution in [0.25, 0.3) is 0 Å². The van der Waals surface area contributed by atoms with Gasteiger partial charge >= 0.3 is 0 Å². The number of benzene rings is 1. The lowest BCUT2D eigenvalue weighted by molar-refractivity contribution is 0.0993. The smallest absolute Gasteiger partial charge is 0.0576 e. The van der Waals surface area contributed by atoms with Crippen LogP contribution < -0.4 is 5.32 Å². The number of hydrogen-bond acceptors (Lipinski definition) is 2. The largest absolute Gasteiger partial charge is 0.378 e. The molecule has 2 heterocycles. The van der Waals surface area contributed by atoms with Gasteiger partial charge in [0.25, 0.3) is 0 Å². The molecule has 17 heavy (non-hydrogen) atoms. The van der Waals surface area contributed by atoms with Gasteiger partial charge < -0.3 is 10.1 Å². The SMILES string of the molecule is c1ccc2c(c1)CCNC2CCC1CCCO1. The Hall–Kier alpha value is -0.860. The van der Waals surface area contributed by atoms with E-state index >= 15 is 0 Å². The van der Waals surface area contributed by atoms with Gasteiger partial charge in [-0.05, 0) is 49.8 Å². The maximum Gasteiger partial charge on any atom is 0.0576 e. The molecule has 1 fully saturated rings. The summed E-state index contributed by atoms with van der Waals surface area (Å²) >= 11 is 0. The van der Waals surface area contributed by atoms with E-state index in [-0.39, 0.29) is 0 Å². The standard InChI is InChI=1S/C15H21NO/c1-2-6-14-12(4-1)9-10-16-15(14)8-7-13-5-3-11-17-13/h1-2,4,6,13,15-16H,3,5,7-11H2. The van der Waals surface area contributed by atoms with Crippen LogP contribution in [0, 0.1) is 0 Å². The van der Waals surface area contributed by atoms with Gasteiger partial charge in [0, 0.05) is 12.6 Å². The van der Waals surface area contributed by atoms with Crippen LogP contribution >= 0.6 is 0 Å². The molecule has 1 aromatic rings. The third-order valence-corrected chi connectivity index (χ3v) is 4.02. The quantitative estimate of drug-likeness (QED) is 0.863. The lowest BCUT2D eigenvalue weighted by atomic mass is 9.91. The first-order chi connectivity index (χ1) is 8.43. The van der Waals surface area contributed by atoms with Gasteiger partial charge in [-0.25, -0.2) is 0 Å². The molecule has 2 nitrogen and oxygen atoms in total. The second-order valence-corrected chi connectivity index (χ2v) is 5.17. The summed E-state index contributed by atoms with van der Waals surface area (Å²) in [4.78, 5) is 0. The fourth-order valence-corrected chi connectivity index (χ4v) is 3.07. The minimum atomic E-state index is 0.519. The van der Waals surface area contributed by atoms with Crippen LogP contribution in [0.3, 0.4) is 0 Å². The summed E-state index contributed by atoms with van der Waals surface area (Å²) in [7, 11) is 0. The van der Waals surface area contributed by atoms with E-state index in [1.165, 1.54) is 43.2 Å². The Balaban J connectivity index is 1.64. The summed E-state index contributed by atoms with van der Waals surface area (Å²) in [5.41, 5.74) is 3.04. The van der Waals surface area contributed by atoms with Crippen molar-refractivity contribution in [2.75, 3.05) is 13.2 Å². The van der Waals surface area contributed by atoms with E-state index in [2.05, 4.69) is 29.6 Å². The van der Waals surface area contributed by atoms with E-state index in [0.717, 1.165) is 13.2 Å². The molecule has 2 aliphatic rings. The highest BCUT2D eigenvalue weighted by atomic mass is 16.5. The van der Waals surface area contributed by atoms with E-state index in [1.807, 2.05) is 0 Å². The summed E-state index contributed by atoms with van der Waals surface area (Å²) in [6.45, 7) is 2.09. The van der Waals surface area contributed by atoms with Crippen LogP contribution in [0.4, 0.5) is 0 Å². The Bertz CT molecular complexity index is 371. The molecule has 0 aliphatic carbocycles. The van der Waals surface area contributed by atoms with E-state index in [9.17, 15) is 0 Å². The molecule has 1 saturated heterocycles. The number of nitrogens with one attached hydrogen (secondary N) is 1. The van der Waals surface area contributed by atoms with Crippen molar-refractivity contribution >= 4 is 0 Å². The molecule has 1 N–H and O–H groups in total. The normalized spacial score (nSPS) is 28.0. The highest BCUT2D eigenvalue weighted by molar-refractivity contribution is 5.32. The Kier molecular flexibility index (Phi) is 3.44. The molecule has 2 atom stereocenters. The Morgan fingerprint density at radius 3 is 3.06 bits per heavy atom. The Labute approximate surface area is 103 Å². The van der Waals surface area contributed by atoms with Gasteiger partial charge in [0.2, 0.25) is 0 Å². The molecular weight excluding hydrogens is 210 g/mol. The molecule has 0 bridgehead atoms. The maximum atomic E-state index is 5.70. The highest BCUT2D eigenvalue weighted by Gasteiger charge is 2.22. The van der Waals surface area contributed by atoms with Crippen molar-refractivity contribution in [2.24, 2.45) is 0 Å². The summed E-state index contributed by atoms with van der Waals surface area (Å²) in [6, 6.07) is 9.41. The molecule has 3 rings (SSSR count). The Morgan fingerprint density at radius 2 is 2.18 bits per heavy atom. The first kappa shape index (κ1) is 11.2. The average Bonchev–Trinajstić information content (AvgIpc) is 2.89. The van der Waals surface area contributed by atoms with E-state index in [0.29, 0.717) is 12.1 Å². The predicted octanol–water partition coefficient (Wildman–Crippen LogP) is 2.83. The minimum Gasteiger partial charge on any atom is -0.378 e. The number of fused-ring (bicyclic) bond motifs is 1. The molecular formula is C15H21NO. The lowest BCUT2D eigenvalue weighted by Crippen LogP contribution is -2.30. The number of rotatable bonds is 3. The molecule has 2 aliphatic heterocycles. The summed E-state index contributed by atoms with van der Waals surface area (Å²) in [5, 5.41) is 3.64. The van der Waals surface area contributed by atoms with Gasteiger partial charge in [0.15, 0.2) is 0 Å². The lowest BCUT2D eigenvalue weighted by Gasteiger charge is -2.27. The second kappa shape index (κ2) is 5.19. The topological polar surface area (TPSA) is 21.3 Å². The molecule has 0 saturated carbocycles. The first-order valence-corrected chi connectivity index (χ1v) is 6.86. The molecule has 2 unspecified atom stereocenters. The third-order valence-electron chi connectivity index (χ3n) is 4.02. The van der Waals surface area contributed by atoms with Gasteiger partial charge in [-0.1, -0.05) is 24.3 Å². The van der Waals surface area contributed by atoms with Gasteiger partial charge in [-0.2, -0.15) is 0 Å². The van der Waals surface area contributed by atoms with Gasteiger partial charge in [0.05, 0.1) is 6.10 Å². The van der Waals surface area contributed by atoms with Crippen molar-refractivity contribution < 1.29 is 4.74 Å². The van der Waals surface area contributed by atoms with Crippen molar-refractivity contribution in [2.45, 2.75) is 44.2 Å². The summed E-state index contributed by atoms with van der Waals surface area (Å²) in [6.07, 6.45) is 6.61. The van der Waals surface area contributed by atoms with Crippen LogP contribution in [-0.2, 0) is 11.2 Å². The molecule has 0 spiro atoms. The van der Waals surface area contributed by atoms with E-state index in [1.54, 1.807) is 0 Å². The number of ether oxygens (including phenoxy) is 1. The van der Waals surface area contributed by atoms with Gasteiger partial charge in [0.1, 0.15) is 0 Å². The Morgan fingerprint density at radius 1 is 1.24 bits per heavy atom. The molecule has 2 heteroatoms. The van der Waals surface area contributed by atoms with E-state index < -0.39 is 0 Å². The molecule has 0 aromatic heterocycles. The zero-order valence-electron chi connectivity index (χ0n) is 10.3. The highest BCUT2D eigenvalue weighted by Crippen LogP contribution is 2.28. The maximum absolute atomic E-state index is 5.70. The van der Waals surface area contributed by atoms with E-state index in [4.69, 9.17) is 4.74 Å². The zero-order chi connectivity index (χ0) is 11.5. The number of hydrogen-bond donors (Lipinski definition) is 1. The van der Waals surface area contributed by atoms with Gasteiger partial charge in [-0.3, -0.25) is 0 Å². The minimum absolute atomic E-state index is 0.519. The van der Waals surface area contributed by atoms with Crippen molar-refractivity contribution in [1.82, 2.24) is 5.32 Å². The molecule has 92 valence electrons. The van der Waals surface area contributed by atoms with Crippen molar-refractivity contribution in [3.8, 4) is 0 Å². The molecule has 0 radical (unpaired) electrons. The van der Waals surface area contributed by atoms with Crippen molar-refractivity contribution in [3.05, 3.63) is 35.4 Å². The monoisotopic (exact) mass is 231 g/mol. The first-order valence-electron chi connectivity index (χ1n) is 6.86. The third kappa shape index (κ3) is 2.53. The molecule has 0 amide bonds. The van der Waals surface area contributed by atoms with Crippen LogP contribution in [0.2, 0.25) is 0 Å². The van der Waals surface area contributed by atoms with Crippen LogP contribution in [-0.4, -0.2) is 19.3 Å². The van der Waals surface area contributed by atoms with Crippen LogP contribution in [0.1, 0.15) is 42.9 Å². The fourth-order valence-electron chi connectivity index (χ4n) is 3.07. The van der Waals surface area contributed by atoms with Crippen LogP contribution in [0.5, 0.6) is 0 Å². The van der Waals surface area contributed by atoms with Gasteiger partial charge in [-0.15, -0.1) is 0 Å². The second-order valence-electron chi connectivity index (χ2n) is 5.17. The van der Waals surface area contributed by atoms with Crippen molar-refractivity contribution in [3.63, 3.8) is 0 Å². The van der Waals surface area contributed by atoms with Crippen LogP contribution in [0.15, 0.2) is 24.3 Å². The molecule has 1 aromatic carbocycles.